The molecule has 1 unspecified atom stereocenters. The van der Waals surface area contributed by atoms with Crippen molar-refractivity contribution in [3.63, 3.8) is 0 Å². The number of aromatic nitrogens is 2. The monoisotopic (exact) mass is 279 g/mol. The molecular weight excluding hydrogens is 266 g/mol. The Morgan fingerprint density at radius 1 is 1.10 bits per heavy atom. The molecule has 1 atom stereocenters. The van der Waals surface area contributed by atoms with Gasteiger partial charge in [0.25, 0.3) is 5.56 Å². The molecule has 5 nitrogen and oxygen atoms in total. The number of nitroso groups, excluding NO2 is 1. The molecule has 2 heterocycles. The van der Waals surface area contributed by atoms with Gasteiger partial charge >= 0.3 is 0 Å². The molecule has 0 fully saturated rings. The molecule has 0 radical (unpaired) electrons. The lowest BCUT2D eigenvalue weighted by atomic mass is 10.1. The molecule has 0 aliphatic heterocycles. The molecule has 2 aromatic heterocycles. The molecule has 3 rings (SSSR count). The first-order chi connectivity index (χ1) is 10.2. The quantitative estimate of drug-likeness (QED) is 0.690. The lowest BCUT2D eigenvalue weighted by Crippen LogP contribution is -2.23. The Morgan fingerprint density at radius 2 is 1.95 bits per heavy atom. The second kappa shape index (κ2) is 5.28. The van der Waals surface area contributed by atoms with Crippen molar-refractivity contribution >= 4 is 16.5 Å². The highest BCUT2D eigenvalue weighted by Gasteiger charge is 2.13. The fourth-order valence-corrected chi connectivity index (χ4v) is 2.43. The Labute approximate surface area is 120 Å². The summed E-state index contributed by atoms with van der Waals surface area (Å²) in [6.07, 6.45) is 3.38. The van der Waals surface area contributed by atoms with Crippen LogP contribution in [0.3, 0.4) is 0 Å². The topological polar surface area (TPSA) is 64.3 Å². The molecule has 0 saturated carbocycles. The van der Waals surface area contributed by atoms with E-state index in [1.807, 2.05) is 25.1 Å². The lowest BCUT2D eigenvalue weighted by Gasteiger charge is -2.15. The molecule has 0 N–H and O–H groups in total. The van der Waals surface area contributed by atoms with E-state index in [0.29, 0.717) is 10.8 Å². The van der Waals surface area contributed by atoms with Crippen molar-refractivity contribution in [3.05, 3.63) is 75.8 Å². The maximum absolute atomic E-state index is 12.6. The third-order valence-electron chi connectivity index (χ3n) is 3.58. The summed E-state index contributed by atoms with van der Waals surface area (Å²) < 4.78 is 1.61. The van der Waals surface area contributed by atoms with Gasteiger partial charge in [0.05, 0.1) is 11.7 Å². The Bertz CT molecular complexity index is 856. The summed E-state index contributed by atoms with van der Waals surface area (Å²) in [7, 11) is 0. The van der Waals surface area contributed by atoms with E-state index in [-0.39, 0.29) is 17.3 Å². The van der Waals surface area contributed by atoms with E-state index in [1.165, 1.54) is 0 Å². The minimum absolute atomic E-state index is 0.156. The summed E-state index contributed by atoms with van der Waals surface area (Å²) in [5, 5.41) is 4.02. The lowest BCUT2D eigenvalue weighted by molar-refractivity contribution is 0.603. The third kappa shape index (κ3) is 2.23. The minimum atomic E-state index is -0.184. The molecule has 0 amide bonds. The van der Waals surface area contributed by atoms with Gasteiger partial charge in [-0.2, -0.15) is 0 Å². The van der Waals surface area contributed by atoms with Gasteiger partial charge in [-0.3, -0.25) is 9.78 Å². The van der Waals surface area contributed by atoms with E-state index in [9.17, 15) is 9.70 Å². The predicted molar refractivity (Wildman–Crippen MR) is 81.7 cm³/mol. The van der Waals surface area contributed by atoms with Crippen molar-refractivity contribution in [3.8, 4) is 0 Å². The highest BCUT2D eigenvalue weighted by atomic mass is 16.3. The number of hydrogen-bond donors (Lipinski definition) is 0. The predicted octanol–water partition coefficient (Wildman–Crippen LogP) is 3.40. The van der Waals surface area contributed by atoms with Crippen LogP contribution in [-0.2, 0) is 0 Å². The summed E-state index contributed by atoms with van der Waals surface area (Å²) in [5.74, 6) is 0. The van der Waals surface area contributed by atoms with Crippen LogP contribution in [0.5, 0.6) is 0 Å². The first-order valence-corrected chi connectivity index (χ1v) is 6.60. The molecular formula is C16H13N3O2. The molecule has 1 aromatic carbocycles. The molecule has 0 saturated heterocycles. The van der Waals surface area contributed by atoms with Crippen LogP contribution < -0.4 is 5.56 Å². The highest BCUT2D eigenvalue weighted by Crippen LogP contribution is 2.24. The molecule has 5 heteroatoms. The molecule has 0 aliphatic rings. The standard InChI is InChI=1S/C16H13N3O2/c1-11(14-6-2-3-9-17-14)19-10-8-12-13(16(19)20)5-4-7-15(12)18-21/h2-11H,1H3. The van der Waals surface area contributed by atoms with Gasteiger partial charge < -0.3 is 4.57 Å². The molecule has 21 heavy (non-hydrogen) atoms. The second-order valence-corrected chi connectivity index (χ2v) is 4.79. The van der Waals surface area contributed by atoms with Gasteiger partial charge in [0, 0.05) is 23.2 Å². The Balaban J connectivity index is 2.20. The van der Waals surface area contributed by atoms with Gasteiger partial charge in [-0.1, -0.05) is 12.1 Å². The van der Waals surface area contributed by atoms with Gasteiger partial charge in [-0.25, -0.2) is 0 Å². The van der Waals surface area contributed by atoms with Crippen LogP contribution >= 0.6 is 0 Å². The van der Waals surface area contributed by atoms with Crippen molar-refractivity contribution < 1.29 is 0 Å². The number of hydrogen-bond acceptors (Lipinski definition) is 4. The van der Waals surface area contributed by atoms with Crippen LogP contribution in [0.25, 0.3) is 10.8 Å². The zero-order valence-electron chi connectivity index (χ0n) is 11.4. The number of nitrogens with zero attached hydrogens (tertiary/aromatic N) is 3. The number of benzene rings is 1. The fraction of sp³-hybridized carbons (Fsp3) is 0.125. The van der Waals surface area contributed by atoms with E-state index in [1.54, 1.807) is 41.2 Å². The molecule has 0 bridgehead atoms. The maximum Gasteiger partial charge on any atom is 0.259 e. The molecule has 104 valence electrons. The third-order valence-corrected chi connectivity index (χ3v) is 3.58. The molecule has 0 spiro atoms. The van der Waals surface area contributed by atoms with E-state index in [4.69, 9.17) is 0 Å². The average molecular weight is 279 g/mol. The van der Waals surface area contributed by atoms with Gasteiger partial charge in [-0.05, 0) is 42.4 Å². The highest BCUT2D eigenvalue weighted by molar-refractivity contribution is 5.91. The van der Waals surface area contributed by atoms with E-state index in [0.717, 1.165) is 5.69 Å². The molecule has 3 aromatic rings. The largest absolute Gasteiger partial charge is 0.306 e. The van der Waals surface area contributed by atoms with Crippen molar-refractivity contribution in [2.24, 2.45) is 5.18 Å². The van der Waals surface area contributed by atoms with E-state index in [2.05, 4.69) is 10.2 Å². The van der Waals surface area contributed by atoms with Gasteiger partial charge in [0.2, 0.25) is 0 Å². The Kier molecular flexibility index (Phi) is 3.31. The fourth-order valence-electron chi connectivity index (χ4n) is 2.43. The smallest absolute Gasteiger partial charge is 0.259 e. The summed E-state index contributed by atoms with van der Waals surface area (Å²) in [4.78, 5) is 27.7. The number of pyridine rings is 2. The summed E-state index contributed by atoms with van der Waals surface area (Å²) in [6, 6.07) is 12.1. The molecule has 0 aliphatic carbocycles. The van der Waals surface area contributed by atoms with Crippen LogP contribution in [0.1, 0.15) is 18.7 Å². The maximum atomic E-state index is 12.6. The van der Waals surface area contributed by atoms with E-state index < -0.39 is 0 Å². The Hall–Kier alpha value is -2.82. The first kappa shape index (κ1) is 13.2. The number of rotatable bonds is 3. The van der Waals surface area contributed by atoms with Gasteiger partial charge in [0.15, 0.2) is 0 Å². The zero-order valence-corrected chi connectivity index (χ0v) is 11.4. The van der Waals surface area contributed by atoms with Gasteiger partial charge in [-0.15, -0.1) is 4.91 Å². The second-order valence-electron chi connectivity index (χ2n) is 4.79. The number of fused-ring (bicyclic) bond motifs is 1. The van der Waals surface area contributed by atoms with E-state index >= 15 is 0 Å². The average Bonchev–Trinajstić information content (AvgIpc) is 2.55. The van der Waals surface area contributed by atoms with Gasteiger partial charge in [0.1, 0.15) is 5.69 Å². The van der Waals surface area contributed by atoms with Crippen LogP contribution in [-0.4, -0.2) is 9.55 Å². The summed E-state index contributed by atoms with van der Waals surface area (Å²) >= 11 is 0. The van der Waals surface area contributed by atoms with Crippen molar-refractivity contribution in [1.29, 1.82) is 0 Å². The van der Waals surface area contributed by atoms with Crippen molar-refractivity contribution in [2.75, 3.05) is 0 Å². The van der Waals surface area contributed by atoms with Crippen LogP contribution in [0.4, 0.5) is 5.69 Å². The normalized spacial score (nSPS) is 12.2. The Morgan fingerprint density at radius 3 is 2.67 bits per heavy atom. The van der Waals surface area contributed by atoms with Crippen LogP contribution in [0.2, 0.25) is 0 Å². The SMILES string of the molecule is CC(c1ccccn1)n1ccc2c(N=O)cccc2c1=O. The van der Waals surface area contributed by atoms with Crippen LogP contribution in [0.15, 0.2) is 64.8 Å². The first-order valence-electron chi connectivity index (χ1n) is 6.60. The summed E-state index contributed by atoms with van der Waals surface area (Å²) in [6.45, 7) is 1.91. The van der Waals surface area contributed by atoms with Crippen molar-refractivity contribution in [1.82, 2.24) is 9.55 Å². The zero-order chi connectivity index (χ0) is 14.8. The summed E-state index contributed by atoms with van der Waals surface area (Å²) in [5.41, 5.74) is 0.932. The minimum Gasteiger partial charge on any atom is -0.306 e. The van der Waals surface area contributed by atoms with Crippen molar-refractivity contribution in [2.45, 2.75) is 13.0 Å². The van der Waals surface area contributed by atoms with Crippen LogP contribution in [0, 0.1) is 4.91 Å².